The molecule has 0 fully saturated rings. The Bertz CT molecular complexity index is 368. The summed E-state index contributed by atoms with van der Waals surface area (Å²) in [6, 6.07) is 2.30. The van der Waals surface area contributed by atoms with Gasteiger partial charge >= 0.3 is 6.01 Å². The number of fused-ring (bicyclic) bond motifs is 1. The highest BCUT2D eigenvalue weighted by Gasteiger charge is 1.97. The highest BCUT2D eigenvalue weighted by atomic mass is 16.5. The molecule has 56 valence electrons. The van der Waals surface area contributed by atoms with Crippen LogP contribution in [0.15, 0.2) is 18.5 Å². The normalized spacial score (nSPS) is 10.3. The number of aromatic amines is 1. The molecule has 0 aromatic carbocycles. The van der Waals surface area contributed by atoms with Gasteiger partial charge in [-0.05, 0) is 6.07 Å². The van der Waals surface area contributed by atoms with Crippen LogP contribution in [-0.4, -0.2) is 22.1 Å². The standard InChI is InChI=1S/C7H7N3O/c1-11-7-9-4-5-2-3-8-6(5)10-7/h2-4H,1H3,(H,8,9,10). The van der Waals surface area contributed by atoms with Crippen molar-refractivity contribution in [3.05, 3.63) is 18.5 Å². The molecule has 4 nitrogen and oxygen atoms in total. The smallest absolute Gasteiger partial charge is 0.318 e. The van der Waals surface area contributed by atoms with Gasteiger partial charge in [0.2, 0.25) is 0 Å². The first-order valence-electron chi connectivity index (χ1n) is 3.24. The van der Waals surface area contributed by atoms with Crippen molar-refractivity contribution >= 4 is 11.0 Å². The number of rotatable bonds is 1. The fraction of sp³-hybridized carbons (Fsp3) is 0.143. The van der Waals surface area contributed by atoms with Crippen LogP contribution in [-0.2, 0) is 0 Å². The van der Waals surface area contributed by atoms with Crippen molar-refractivity contribution in [2.75, 3.05) is 7.11 Å². The topological polar surface area (TPSA) is 50.8 Å². The zero-order valence-corrected chi connectivity index (χ0v) is 6.03. The summed E-state index contributed by atoms with van der Waals surface area (Å²) < 4.78 is 4.85. The first-order valence-corrected chi connectivity index (χ1v) is 3.24. The van der Waals surface area contributed by atoms with Crippen molar-refractivity contribution in [1.82, 2.24) is 15.0 Å². The number of nitrogens with zero attached hydrogens (tertiary/aromatic N) is 2. The Labute approximate surface area is 63.2 Å². The lowest BCUT2D eigenvalue weighted by atomic mass is 10.4. The van der Waals surface area contributed by atoms with Gasteiger partial charge in [-0.25, -0.2) is 4.98 Å². The molecule has 0 radical (unpaired) electrons. The number of aromatic nitrogens is 3. The van der Waals surface area contributed by atoms with E-state index in [2.05, 4.69) is 15.0 Å². The van der Waals surface area contributed by atoms with Gasteiger partial charge in [0.15, 0.2) is 0 Å². The quantitative estimate of drug-likeness (QED) is 0.657. The summed E-state index contributed by atoms with van der Waals surface area (Å²) in [5.41, 5.74) is 0.803. The molecule has 1 N–H and O–H groups in total. The Kier molecular flexibility index (Phi) is 1.25. The maximum Gasteiger partial charge on any atom is 0.318 e. The molecule has 11 heavy (non-hydrogen) atoms. The first-order chi connectivity index (χ1) is 5.40. The molecule has 4 heteroatoms. The Morgan fingerprint density at radius 3 is 3.27 bits per heavy atom. The van der Waals surface area contributed by atoms with Crippen LogP contribution < -0.4 is 4.74 Å². The maximum atomic E-state index is 4.85. The number of H-pyrrole nitrogens is 1. The predicted molar refractivity (Wildman–Crippen MR) is 40.4 cm³/mol. The first kappa shape index (κ1) is 6.15. The molecule has 0 saturated carbocycles. The van der Waals surface area contributed by atoms with Gasteiger partial charge in [-0.1, -0.05) is 0 Å². The average Bonchev–Trinajstić information content (AvgIpc) is 2.50. The van der Waals surface area contributed by atoms with Gasteiger partial charge < -0.3 is 9.72 Å². The molecule has 2 rings (SSSR count). The zero-order valence-electron chi connectivity index (χ0n) is 6.03. The fourth-order valence-corrected chi connectivity index (χ4v) is 0.921. The lowest BCUT2D eigenvalue weighted by molar-refractivity contribution is 0.381. The van der Waals surface area contributed by atoms with Crippen LogP contribution in [0, 0.1) is 0 Å². The van der Waals surface area contributed by atoms with Crippen LogP contribution in [0.2, 0.25) is 0 Å². The van der Waals surface area contributed by atoms with Gasteiger partial charge in [0, 0.05) is 17.8 Å². The van der Waals surface area contributed by atoms with Crippen LogP contribution in [0.4, 0.5) is 0 Å². The summed E-state index contributed by atoms with van der Waals surface area (Å²) in [4.78, 5) is 11.0. The molecule has 2 aromatic heterocycles. The molecule has 0 bridgehead atoms. The molecule has 0 saturated heterocycles. The van der Waals surface area contributed by atoms with Crippen molar-refractivity contribution in [1.29, 1.82) is 0 Å². The van der Waals surface area contributed by atoms with Gasteiger partial charge in [0.1, 0.15) is 5.65 Å². The third-order valence-electron chi connectivity index (χ3n) is 1.46. The Morgan fingerprint density at radius 1 is 1.55 bits per heavy atom. The lowest BCUT2D eigenvalue weighted by Gasteiger charge is -1.94. The van der Waals surface area contributed by atoms with E-state index in [4.69, 9.17) is 4.74 Å². The Morgan fingerprint density at radius 2 is 2.45 bits per heavy atom. The highest BCUT2D eigenvalue weighted by molar-refractivity contribution is 5.74. The maximum absolute atomic E-state index is 4.85. The van der Waals surface area contributed by atoms with Crippen LogP contribution in [0.3, 0.4) is 0 Å². The second-order valence-electron chi connectivity index (χ2n) is 2.14. The van der Waals surface area contributed by atoms with Crippen LogP contribution >= 0.6 is 0 Å². The number of nitrogens with one attached hydrogen (secondary N) is 1. The number of ether oxygens (including phenoxy) is 1. The van der Waals surface area contributed by atoms with Gasteiger partial charge in [0.05, 0.1) is 7.11 Å². The van der Waals surface area contributed by atoms with Gasteiger partial charge in [-0.3, -0.25) is 0 Å². The summed E-state index contributed by atoms with van der Waals surface area (Å²) in [5, 5.41) is 0.991. The largest absolute Gasteiger partial charge is 0.467 e. The summed E-state index contributed by atoms with van der Waals surface area (Å²) in [5.74, 6) is 0. The van der Waals surface area contributed by atoms with Gasteiger partial charge in [-0.15, -0.1) is 0 Å². The van der Waals surface area contributed by atoms with Gasteiger partial charge in [0.25, 0.3) is 0 Å². The SMILES string of the molecule is COc1ncc2cc[nH]c2n1. The minimum atomic E-state index is 0.389. The zero-order chi connectivity index (χ0) is 7.68. The van der Waals surface area contributed by atoms with E-state index in [-0.39, 0.29) is 0 Å². The molecule has 0 aliphatic heterocycles. The van der Waals surface area contributed by atoms with Crippen molar-refractivity contribution in [2.24, 2.45) is 0 Å². The second kappa shape index (κ2) is 2.23. The van der Waals surface area contributed by atoms with E-state index in [1.807, 2.05) is 12.3 Å². The molecule has 0 spiro atoms. The Balaban J connectivity index is 2.67. The van der Waals surface area contributed by atoms with E-state index >= 15 is 0 Å². The van der Waals surface area contributed by atoms with Gasteiger partial charge in [-0.2, -0.15) is 4.98 Å². The average molecular weight is 149 g/mol. The highest BCUT2D eigenvalue weighted by Crippen LogP contribution is 2.10. The minimum absolute atomic E-state index is 0.389. The molecular weight excluding hydrogens is 142 g/mol. The van der Waals surface area contributed by atoms with Crippen LogP contribution in [0.1, 0.15) is 0 Å². The van der Waals surface area contributed by atoms with E-state index in [9.17, 15) is 0 Å². The van der Waals surface area contributed by atoms with E-state index in [1.165, 1.54) is 0 Å². The monoisotopic (exact) mass is 149 g/mol. The summed E-state index contributed by atoms with van der Waals surface area (Å²) in [7, 11) is 1.55. The molecule has 0 aliphatic rings. The third kappa shape index (κ3) is 0.920. The van der Waals surface area contributed by atoms with E-state index < -0.39 is 0 Å². The van der Waals surface area contributed by atoms with Crippen LogP contribution in [0.5, 0.6) is 6.01 Å². The van der Waals surface area contributed by atoms with Crippen LogP contribution in [0.25, 0.3) is 11.0 Å². The second-order valence-corrected chi connectivity index (χ2v) is 2.14. The van der Waals surface area contributed by atoms with Crippen molar-refractivity contribution in [3.63, 3.8) is 0 Å². The molecule has 0 unspecified atom stereocenters. The van der Waals surface area contributed by atoms with Crippen molar-refractivity contribution in [3.8, 4) is 6.01 Å². The predicted octanol–water partition coefficient (Wildman–Crippen LogP) is 0.966. The van der Waals surface area contributed by atoms with E-state index in [0.717, 1.165) is 11.0 Å². The summed E-state index contributed by atoms with van der Waals surface area (Å²) >= 11 is 0. The summed E-state index contributed by atoms with van der Waals surface area (Å²) in [6.07, 6.45) is 3.54. The van der Waals surface area contributed by atoms with E-state index in [1.54, 1.807) is 13.3 Å². The molecule has 0 aliphatic carbocycles. The molecule has 0 atom stereocenters. The lowest BCUT2D eigenvalue weighted by Crippen LogP contribution is -1.90. The molecule has 0 amide bonds. The minimum Gasteiger partial charge on any atom is -0.467 e. The number of hydrogen-bond donors (Lipinski definition) is 1. The molecule has 2 aromatic rings. The number of hydrogen-bond acceptors (Lipinski definition) is 3. The Hall–Kier alpha value is -1.58. The summed E-state index contributed by atoms with van der Waals surface area (Å²) in [6.45, 7) is 0. The molecule has 2 heterocycles. The van der Waals surface area contributed by atoms with Crippen molar-refractivity contribution in [2.45, 2.75) is 0 Å². The molecular formula is C7H7N3O. The number of methoxy groups -OCH3 is 1. The fourth-order valence-electron chi connectivity index (χ4n) is 0.921. The third-order valence-corrected chi connectivity index (χ3v) is 1.46. The van der Waals surface area contributed by atoms with E-state index in [0.29, 0.717) is 6.01 Å². The van der Waals surface area contributed by atoms with Crippen molar-refractivity contribution < 1.29 is 4.74 Å².